The van der Waals surface area contributed by atoms with Crippen molar-refractivity contribution in [2.75, 3.05) is 23.8 Å². The number of anilines is 2. The monoisotopic (exact) mass is 255 g/mol. The van der Waals surface area contributed by atoms with E-state index in [4.69, 9.17) is 0 Å². The molecule has 1 amide bonds. The van der Waals surface area contributed by atoms with Crippen LogP contribution in [0.5, 0.6) is 0 Å². The number of carbonyl (C=O) groups is 1. The van der Waals surface area contributed by atoms with Crippen LogP contribution in [-0.2, 0) is 4.79 Å². The van der Waals surface area contributed by atoms with E-state index in [0.717, 1.165) is 29.0 Å². The second kappa shape index (κ2) is 6.00. The lowest BCUT2D eigenvalue weighted by Crippen LogP contribution is -2.15. The molecule has 1 heterocycles. The molecule has 0 atom stereocenters. The Hall–Kier alpha value is -2.36. The molecule has 19 heavy (non-hydrogen) atoms. The van der Waals surface area contributed by atoms with Gasteiger partial charge in [0.15, 0.2) is 0 Å². The van der Waals surface area contributed by atoms with Crippen molar-refractivity contribution in [2.45, 2.75) is 6.92 Å². The van der Waals surface area contributed by atoms with Crippen LogP contribution in [0.15, 0.2) is 42.7 Å². The summed E-state index contributed by atoms with van der Waals surface area (Å²) in [6.45, 7) is 3.04. The Labute approximate surface area is 113 Å². The summed E-state index contributed by atoms with van der Waals surface area (Å²) in [7, 11) is 2.04. The van der Waals surface area contributed by atoms with Crippen molar-refractivity contribution in [1.29, 1.82) is 0 Å². The molecule has 0 radical (unpaired) electrons. The van der Waals surface area contributed by atoms with Crippen LogP contribution in [0.4, 0.5) is 11.4 Å². The normalized spacial score (nSPS) is 10.0. The summed E-state index contributed by atoms with van der Waals surface area (Å²) >= 11 is 0. The molecule has 0 fully saturated rings. The van der Waals surface area contributed by atoms with Crippen LogP contribution >= 0.6 is 0 Å². The van der Waals surface area contributed by atoms with E-state index in [1.165, 1.54) is 0 Å². The van der Waals surface area contributed by atoms with Gasteiger partial charge in [-0.15, -0.1) is 0 Å². The Morgan fingerprint density at radius 3 is 2.58 bits per heavy atom. The molecule has 2 rings (SSSR count). The molecule has 4 nitrogen and oxygen atoms in total. The molecule has 0 unspecified atom stereocenters. The minimum Gasteiger partial charge on any atom is -0.374 e. The molecule has 0 bridgehead atoms. The summed E-state index contributed by atoms with van der Waals surface area (Å²) in [6, 6.07) is 9.80. The van der Waals surface area contributed by atoms with Gasteiger partial charge in [0.2, 0.25) is 6.41 Å². The molecule has 0 saturated carbocycles. The highest BCUT2D eigenvalue weighted by Crippen LogP contribution is 2.24. The SMILES string of the molecule is CCN(C)c1cncc(-c2ccc(NC=O)cc2)c1. The zero-order chi connectivity index (χ0) is 13.7. The molecule has 4 heteroatoms. The van der Waals surface area contributed by atoms with Crippen molar-refractivity contribution in [3.05, 3.63) is 42.7 Å². The van der Waals surface area contributed by atoms with Crippen LogP contribution in [0, 0.1) is 0 Å². The molecule has 0 saturated heterocycles. The third-order valence-corrected chi connectivity index (χ3v) is 3.08. The largest absolute Gasteiger partial charge is 0.374 e. The average Bonchev–Trinajstić information content (AvgIpc) is 2.48. The number of nitrogens with zero attached hydrogens (tertiary/aromatic N) is 2. The van der Waals surface area contributed by atoms with Crippen LogP contribution in [-0.4, -0.2) is 25.0 Å². The molecule has 2 aromatic rings. The lowest BCUT2D eigenvalue weighted by atomic mass is 10.1. The summed E-state index contributed by atoms with van der Waals surface area (Å²) < 4.78 is 0. The zero-order valence-electron chi connectivity index (χ0n) is 11.1. The van der Waals surface area contributed by atoms with E-state index in [1.807, 2.05) is 43.7 Å². The Balaban J connectivity index is 2.28. The molecular formula is C15H17N3O. The van der Waals surface area contributed by atoms with E-state index in [0.29, 0.717) is 6.41 Å². The number of aromatic nitrogens is 1. The highest BCUT2D eigenvalue weighted by atomic mass is 16.1. The first-order valence-corrected chi connectivity index (χ1v) is 6.21. The first-order chi connectivity index (χ1) is 9.24. The van der Waals surface area contributed by atoms with Crippen molar-refractivity contribution < 1.29 is 4.79 Å². The molecule has 0 aliphatic carbocycles. The predicted octanol–water partition coefficient (Wildman–Crippen LogP) is 2.77. The Morgan fingerprint density at radius 1 is 1.21 bits per heavy atom. The molecular weight excluding hydrogens is 238 g/mol. The third-order valence-electron chi connectivity index (χ3n) is 3.08. The van der Waals surface area contributed by atoms with Gasteiger partial charge in [-0.05, 0) is 30.7 Å². The quantitative estimate of drug-likeness (QED) is 0.836. The first-order valence-electron chi connectivity index (χ1n) is 6.21. The van der Waals surface area contributed by atoms with Gasteiger partial charge in [0, 0.05) is 31.0 Å². The summed E-state index contributed by atoms with van der Waals surface area (Å²) in [5, 5.41) is 2.62. The fourth-order valence-corrected chi connectivity index (χ4v) is 1.80. The average molecular weight is 255 g/mol. The molecule has 1 N–H and O–H groups in total. The van der Waals surface area contributed by atoms with Crippen LogP contribution in [0.1, 0.15) is 6.92 Å². The number of amides is 1. The number of benzene rings is 1. The third kappa shape index (κ3) is 3.10. The Morgan fingerprint density at radius 2 is 1.95 bits per heavy atom. The zero-order valence-corrected chi connectivity index (χ0v) is 11.1. The van der Waals surface area contributed by atoms with Crippen LogP contribution in [0.3, 0.4) is 0 Å². The number of hydrogen-bond donors (Lipinski definition) is 1. The maximum absolute atomic E-state index is 10.4. The van der Waals surface area contributed by atoms with E-state index >= 15 is 0 Å². The van der Waals surface area contributed by atoms with Crippen LogP contribution < -0.4 is 10.2 Å². The summed E-state index contributed by atoms with van der Waals surface area (Å²) in [4.78, 5) is 16.8. The van der Waals surface area contributed by atoms with E-state index < -0.39 is 0 Å². The van der Waals surface area contributed by atoms with E-state index in [9.17, 15) is 4.79 Å². The van der Waals surface area contributed by atoms with Crippen molar-refractivity contribution in [3.8, 4) is 11.1 Å². The lowest BCUT2D eigenvalue weighted by molar-refractivity contribution is -0.105. The highest BCUT2D eigenvalue weighted by Gasteiger charge is 2.03. The van der Waals surface area contributed by atoms with E-state index in [-0.39, 0.29) is 0 Å². The molecule has 1 aromatic carbocycles. The summed E-state index contributed by atoms with van der Waals surface area (Å²) in [5.41, 5.74) is 4.02. The number of hydrogen-bond acceptors (Lipinski definition) is 3. The second-order valence-corrected chi connectivity index (χ2v) is 4.29. The smallest absolute Gasteiger partial charge is 0.211 e. The Bertz CT molecular complexity index is 552. The van der Waals surface area contributed by atoms with Gasteiger partial charge in [-0.2, -0.15) is 0 Å². The number of carbonyl (C=O) groups excluding carboxylic acids is 1. The molecule has 98 valence electrons. The number of nitrogens with one attached hydrogen (secondary N) is 1. The van der Waals surface area contributed by atoms with Gasteiger partial charge in [-0.1, -0.05) is 12.1 Å². The second-order valence-electron chi connectivity index (χ2n) is 4.29. The fraction of sp³-hybridized carbons (Fsp3) is 0.200. The van der Waals surface area contributed by atoms with Crippen LogP contribution in [0.2, 0.25) is 0 Å². The standard InChI is InChI=1S/C15H17N3O/c1-3-18(2)15-8-13(9-16-10-15)12-4-6-14(7-5-12)17-11-19/h4-11H,3H2,1-2H3,(H,17,19). The van der Waals surface area contributed by atoms with E-state index in [1.54, 1.807) is 0 Å². The fourth-order valence-electron chi connectivity index (χ4n) is 1.80. The van der Waals surface area contributed by atoms with Crippen molar-refractivity contribution in [3.63, 3.8) is 0 Å². The van der Waals surface area contributed by atoms with Gasteiger partial charge in [-0.25, -0.2) is 0 Å². The maximum Gasteiger partial charge on any atom is 0.211 e. The molecule has 1 aromatic heterocycles. The topological polar surface area (TPSA) is 45.2 Å². The van der Waals surface area contributed by atoms with Gasteiger partial charge in [0.25, 0.3) is 0 Å². The number of rotatable bonds is 5. The van der Waals surface area contributed by atoms with Crippen LogP contribution in [0.25, 0.3) is 11.1 Å². The van der Waals surface area contributed by atoms with Crippen molar-refractivity contribution >= 4 is 17.8 Å². The van der Waals surface area contributed by atoms with E-state index in [2.05, 4.69) is 28.2 Å². The van der Waals surface area contributed by atoms with Gasteiger partial charge in [0.1, 0.15) is 0 Å². The molecule has 0 aliphatic heterocycles. The lowest BCUT2D eigenvalue weighted by Gasteiger charge is -2.17. The van der Waals surface area contributed by atoms with Gasteiger partial charge in [-0.3, -0.25) is 9.78 Å². The van der Waals surface area contributed by atoms with Gasteiger partial charge in [0.05, 0.1) is 11.9 Å². The summed E-state index contributed by atoms with van der Waals surface area (Å²) in [6.07, 6.45) is 4.37. The predicted molar refractivity (Wildman–Crippen MR) is 78.3 cm³/mol. The summed E-state index contributed by atoms with van der Waals surface area (Å²) in [5.74, 6) is 0. The Kier molecular flexibility index (Phi) is 4.13. The molecule has 0 spiro atoms. The first kappa shape index (κ1) is 13.1. The van der Waals surface area contributed by atoms with Gasteiger partial charge < -0.3 is 10.2 Å². The van der Waals surface area contributed by atoms with Gasteiger partial charge >= 0.3 is 0 Å². The maximum atomic E-state index is 10.4. The molecule has 0 aliphatic rings. The van der Waals surface area contributed by atoms with Crippen molar-refractivity contribution in [2.24, 2.45) is 0 Å². The highest BCUT2D eigenvalue weighted by molar-refractivity contribution is 5.74. The number of pyridine rings is 1. The minimum atomic E-state index is 0.674. The van der Waals surface area contributed by atoms with Crippen molar-refractivity contribution in [1.82, 2.24) is 4.98 Å². The minimum absolute atomic E-state index is 0.674.